The fourth-order valence-corrected chi connectivity index (χ4v) is 2.48. The first-order valence-electron chi connectivity index (χ1n) is 7.04. The van der Waals surface area contributed by atoms with Gasteiger partial charge in [-0.2, -0.15) is 0 Å². The van der Waals surface area contributed by atoms with Gasteiger partial charge in [0.1, 0.15) is 5.75 Å². The molecule has 1 atom stereocenters. The Balaban J connectivity index is 1.89. The van der Waals surface area contributed by atoms with Gasteiger partial charge < -0.3 is 20.4 Å². The van der Waals surface area contributed by atoms with E-state index in [1.807, 2.05) is 13.0 Å². The van der Waals surface area contributed by atoms with Crippen LogP contribution in [0.2, 0.25) is 0 Å². The Morgan fingerprint density at radius 1 is 1.33 bits per heavy atom. The summed E-state index contributed by atoms with van der Waals surface area (Å²) in [4.78, 5) is 24.7. The third-order valence-electron chi connectivity index (χ3n) is 3.84. The lowest BCUT2D eigenvalue weighted by atomic mass is 9.97. The highest BCUT2D eigenvalue weighted by Crippen LogP contribution is 2.20. The highest BCUT2D eigenvalue weighted by molar-refractivity contribution is 5.75. The molecule has 0 spiro atoms. The van der Waals surface area contributed by atoms with Crippen LogP contribution in [0.15, 0.2) is 24.3 Å². The number of nitrogens with zero attached hydrogens (tertiary/aromatic N) is 1. The Hall–Kier alpha value is -2.24. The van der Waals surface area contributed by atoms with Crippen molar-refractivity contribution in [1.82, 2.24) is 10.2 Å². The van der Waals surface area contributed by atoms with E-state index in [-0.39, 0.29) is 23.7 Å². The predicted octanol–water partition coefficient (Wildman–Crippen LogP) is 1.96. The van der Waals surface area contributed by atoms with E-state index in [1.165, 1.54) is 0 Å². The number of hydrogen-bond acceptors (Lipinski definition) is 3. The van der Waals surface area contributed by atoms with E-state index >= 15 is 0 Å². The largest absolute Gasteiger partial charge is 0.508 e. The average molecular weight is 292 g/mol. The SMILES string of the molecule is C[C@@H](NC(=O)N1CCC(C(=O)O)CC1)c1cccc(O)c1. The smallest absolute Gasteiger partial charge is 0.317 e. The number of nitrogens with one attached hydrogen (secondary N) is 1. The first-order chi connectivity index (χ1) is 9.97. The van der Waals surface area contributed by atoms with E-state index in [4.69, 9.17) is 5.11 Å². The number of rotatable bonds is 3. The summed E-state index contributed by atoms with van der Waals surface area (Å²) in [5.41, 5.74) is 0.823. The number of aromatic hydroxyl groups is 1. The zero-order valence-corrected chi connectivity index (χ0v) is 12.0. The topological polar surface area (TPSA) is 89.9 Å². The molecule has 0 unspecified atom stereocenters. The van der Waals surface area contributed by atoms with Crippen molar-refractivity contribution in [2.75, 3.05) is 13.1 Å². The van der Waals surface area contributed by atoms with Crippen LogP contribution in [0, 0.1) is 5.92 Å². The molecule has 114 valence electrons. The second-order valence-corrected chi connectivity index (χ2v) is 5.37. The van der Waals surface area contributed by atoms with E-state index < -0.39 is 5.97 Å². The fraction of sp³-hybridized carbons (Fsp3) is 0.467. The van der Waals surface area contributed by atoms with Crippen LogP contribution in [0.3, 0.4) is 0 Å². The van der Waals surface area contributed by atoms with Crippen LogP contribution in [0.4, 0.5) is 4.79 Å². The maximum absolute atomic E-state index is 12.1. The Morgan fingerprint density at radius 2 is 2.00 bits per heavy atom. The molecule has 0 radical (unpaired) electrons. The number of benzene rings is 1. The predicted molar refractivity (Wildman–Crippen MR) is 77.0 cm³/mol. The molecule has 1 fully saturated rings. The molecule has 1 heterocycles. The van der Waals surface area contributed by atoms with Crippen LogP contribution < -0.4 is 5.32 Å². The molecule has 0 aliphatic carbocycles. The van der Waals surface area contributed by atoms with Crippen LogP contribution in [0.5, 0.6) is 5.75 Å². The summed E-state index contributed by atoms with van der Waals surface area (Å²) in [7, 11) is 0. The molecule has 1 aromatic carbocycles. The fourth-order valence-electron chi connectivity index (χ4n) is 2.48. The van der Waals surface area contributed by atoms with Gasteiger partial charge in [0.2, 0.25) is 0 Å². The Bertz CT molecular complexity index is 524. The van der Waals surface area contributed by atoms with Crippen molar-refractivity contribution in [3.8, 4) is 5.75 Å². The lowest BCUT2D eigenvalue weighted by Crippen LogP contribution is -2.46. The number of carboxylic acid groups (broad SMARTS) is 1. The highest BCUT2D eigenvalue weighted by atomic mass is 16.4. The number of carbonyl (C=O) groups is 2. The zero-order chi connectivity index (χ0) is 15.4. The third-order valence-corrected chi connectivity index (χ3v) is 3.84. The van der Waals surface area contributed by atoms with E-state index in [0.29, 0.717) is 25.9 Å². The number of phenolic OH excluding ortho intramolecular Hbond substituents is 1. The molecule has 1 aliphatic rings. The lowest BCUT2D eigenvalue weighted by Gasteiger charge is -2.31. The zero-order valence-electron chi connectivity index (χ0n) is 12.0. The number of carboxylic acids is 1. The van der Waals surface area contributed by atoms with Gasteiger partial charge in [-0.15, -0.1) is 0 Å². The van der Waals surface area contributed by atoms with Gasteiger partial charge in [0.25, 0.3) is 0 Å². The molecule has 21 heavy (non-hydrogen) atoms. The molecule has 0 saturated carbocycles. The minimum atomic E-state index is -0.789. The van der Waals surface area contributed by atoms with Gasteiger partial charge in [-0.3, -0.25) is 4.79 Å². The van der Waals surface area contributed by atoms with Crippen LogP contribution in [0.1, 0.15) is 31.4 Å². The molecule has 1 aromatic rings. The average Bonchev–Trinajstić information content (AvgIpc) is 2.47. The van der Waals surface area contributed by atoms with Gasteiger partial charge in [-0.05, 0) is 37.5 Å². The van der Waals surface area contributed by atoms with E-state index in [1.54, 1.807) is 23.1 Å². The molecular formula is C15H20N2O4. The standard InChI is InChI=1S/C15H20N2O4/c1-10(12-3-2-4-13(18)9-12)16-15(21)17-7-5-11(6-8-17)14(19)20/h2-4,9-11,18H,5-8H2,1H3,(H,16,21)(H,19,20)/t10-/m1/s1. The van der Waals surface area contributed by atoms with Crippen molar-refractivity contribution in [1.29, 1.82) is 0 Å². The Labute approximate surface area is 123 Å². The summed E-state index contributed by atoms with van der Waals surface area (Å²) in [6.45, 7) is 2.75. The number of hydrogen-bond donors (Lipinski definition) is 3. The number of phenols is 1. The van der Waals surface area contributed by atoms with Crippen molar-refractivity contribution < 1.29 is 19.8 Å². The third kappa shape index (κ3) is 3.87. The van der Waals surface area contributed by atoms with Crippen LogP contribution in [0.25, 0.3) is 0 Å². The van der Waals surface area contributed by atoms with Crippen molar-refractivity contribution in [2.24, 2.45) is 5.92 Å². The van der Waals surface area contributed by atoms with Crippen molar-refractivity contribution >= 4 is 12.0 Å². The molecule has 0 aromatic heterocycles. The van der Waals surface area contributed by atoms with Crippen molar-refractivity contribution in [3.63, 3.8) is 0 Å². The number of piperidine rings is 1. The number of carbonyl (C=O) groups excluding carboxylic acids is 1. The van der Waals surface area contributed by atoms with E-state index in [9.17, 15) is 14.7 Å². The molecule has 0 bridgehead atoms. The summed E-state index contributed by atoms with van der Waals surface area (Å²) >= 11 is 0. The van der Waals surface area contributed by atoms with Gasteiger partial charge in [-0.25, -0.2) is 4.79 Å². The summed E-state index contributed by atoms with van der Waals surface area (Å²) in [5, 5.41) is 21.3. The highest BCUT2D eigenvalue weighted by Gasteiger charge is 2.27. The maximum atomic E-state index is 12.1. The molecular weight excluding hydrogens is 272 g/mol. The summed E-state index contributed by atoms with van der Waals surface area (Å²) < 4.78 is 0. The molecule has 6 nitrogen and oxygen atoms in total. The Morgan fingerprint density at radius 3 is 2.57 bits per heavy atom. The quantitative estimate of drug-likeness (QED) is 0.794. The summed E-state index contributed by atoms with van der Waals surface area (Å²) in [6.07, 6.45) is 0.979. The number of aliphatic carboxylic acids is 1. The molecule has 3 N–H and O–H groups in total. The molecule has 1 saturated heterocycles. The summed E-state index contributed by atoms with van der Waals surface area (Å²) in [6, 6.07) is 6.33. The summed E-state index contributed by atoms with van der Waals surface area (Å²) in [5.74, 6) is -0.975. The van der Waals surface area contributed by atoms with Crippen LogP contribution in [-0.2, 0) is 4.79 Å². The normalized spacial score (nSPS) is 17.3. The Kier molecular flexibility index (Phi) is 4.67. The maximum Gasteiger partial charge on any atom is 0.317 e. The first-order valence-corrected chi connectivity index (χ1v) is 7.04. The lowest BCUT2D eigenvalue weighted by molar-refractivity contribution is -0.143. The molecule has 2 rings (SSSR count). The first kappa shape index (κ1) is 15.2. The van der Waals surface area contributed by atoms with Crippen molar-refractivity contribution in [2.45, 2.75) is 25.8 Å². The van der Waals surface area contributed by atoms with E-state index in [0.717, 1.165) is 5.56 Å². The molecule has 2 amide bonds. The van der Waals surface area contributed by atoms with Crippen LogP contribution in [-0.4, -0.2) is 40.2 Å². The minimum absolute atomic E-state index is 0.163. The number of likely N-dealkylation sites (tertiary alicyclic amines) is 1. The number of urea groups is 1. The number of amides is 2. The van der Waals surface area contributed by atoms with Gasteiger partial charge in [-0.1, -0.05) is 12.1 Å². The van der Waals surface area contributed by atoms with Crippen LogP contribution >= 0.6 is 0 Å². The minimum Gasteiger partial charge on any atom is -0.508 e. The van der Waals surface area contributed by atoms with Gasteiger partial charge in [0.15, 0.2) is 0 Å². The van der Waals surface area contributed by atoms with Crippen molar-refractivity contribution in [3.05, 3.63) is 29.8 Å². The second-order valence-electron chi connectivity index (χ2n) is 5.37. The molecule has 1 aliphatic heterocycles. The monoisotopic (exact) mass is 292 g/mol. The van der Waals surface area contributed by atoms with Gasteiger partial charge in [0, 0.05) is 13.1 Å². The van der Waals surface area contributed by atoms with Gasteiger partial charge in [0.05, 0.1) is 12.0 Å². The van der Waals surface area contributed by atoms with Gasteiger partial charge >= 0.3 is 12.0 Å². The van der Waals surface area contributed by atoms with E-state index in [2.05, 4.69) is 5.32 Å². The molecule has 6 heteroatoms. The second kappa shape index (κ2) is 6.47.